The molecule has 14 heteroatoms. The average Bonchev–Trinajstić information content (AvgIpc) is 2.32. The predicted octanol–water partition coefficient (Wildman–Crippen LogP) is 4.17. The third-order valence-electron chi connectivity index (χ3n) is 3.11. The van der Waals surface area contributed by atoms with E-state index in [-0.39, 0.29) is 0 Å². The van der Waals surface area contributed by atoms with E-state index in [1.54, 1.807) is 0 Å². The van der Waals surface area contributed by atoms with Gasteiger partial charge < -0.3 is 9.84 Å². The molecule has 0 radical (unpaired) electrons. The Balaban J connectivity index is 6.14. The average molecular weight is 412 g/mol. The number of hydrogen-bond acceptors (Lipinski definition) is 3. The highest BCUT2D eigenvalue weighted by Gasteiger charge is 2.89. The number of carbonyl (C=O) groups is 1. The van der Waals surface area contributed by atoms with Crippen molar-refractivity contribution >= 4 is 5.97 Å². The van der Waals surface area contributed by atoms with E-state index < -0.39 is 60.5 Å². The first kappa shape index (κ1) is 24.4. The number of aliphatic hydroxyl groups excluding tert-OH is 1. The summed E-state index contributed by atoms with van der Waals surface area (Å²) in [6, 6.07) is 0. The lowest BCUT2D eigenvalue weighted by atomic mass is 9.79. The molecule has 1 unspecified atom stereocenters. The number of rotatable bonds is 6. The molecule has 0 bridgehead atoms. The predicted molar refractivity (Wildman–Crippen MR) is 61.9 cm³/mol. The third-order valence-corrected chi connectivity index (χ3v) is 3.11. The summed E-state index contributed by atoms with van der Waals surface area (Å²) in [6.45, 7) is 0.445. The molecule has 0 saturated heterocycles. The van der Waals surface area contributed by atoms with E-state index in [9.17, 15) is 53.1 Å². The van der Waals surface area contributed by atoms with Crippen LogP contribution in [0.5, 0.6) is 0 Å². The Morgan fingerprint density at radius 1 is 0.923 bits per heavy atom. The van der Waals surface area contributed by atoms with Crippen molar-refractivity contribution in [3.8, 4) is 0 Å². The molecule has 0 saturated carbocycles. The molecule has 0 aliphatic heterocycles. The van der Waals surface area contributed by atoms with Gasteiger partial charge in [0.2, 0.25) is 0 Å². The lowest BCUT2D eigenvalue weighted by Crippen LogP contribution is -2.68. The molecule has 0 rings (SSSR count). The van der Waals surface area contributed by atoms with Gasteiger partial charge in [0, 0.05) is 12.0 Å². The quantitative estimate of drug-likeness (QED) is 0.405. The molecule has 0 aromatic carbocycles. The molecule has 154 valence electrons. The van der Waals surface area contributed by atoms with Crippen LogP contribution in [-0.2, 0) is 9.53 Å². The number of aliphatic hydroxyl groups is 1. The zero-order chi connectivity index (χ0) is 21.4. The highest BCUT2D eigenvalue weighted by molar-refractivity contribution is 5.87. The van der Waals surface area contributed by atoms with Crippen molar-refractivity contribution in [2.24, 2.45) is 5.41 Å². The van der Waals surface area contributed by atoms with Crippen LogP contribution >= 0.6 is 0 Å². The van der Waals surface area contributed by atoms with Gasteiger partial charge in [-0.2, -0.15) is 48.3 Å². The minimum atomic E-state index is -7.37. The molecule has 0 amide bonds. The van der Waals surface area contributed by atoms with E-state index in [0.717, 1.165) is 6.92 Å². The van der Waals surface area contributed by atoms with Gasteiger partial charge in [0.05, 0.1) is 6.10 Å². The van der Waals surface area contributed by atoms with Crippen molar-refractivity contribution in [2.45, 2.75) is 43.9 Å². The third kappa shape index (κ3) is 4.38. The Bertz CT molecular complexity index is 514. The molecule has 0 aromatic heterocycles. The normalized spacial score (nSPS) is 15.6. The number of halogens is 11. The number of ether oxygens (including phenoxy) is 1. The molecule has 0 heterocycles. The molecular formula is C12H11F11O3. The molecule has 3 nitrogen and oxygen atoms in total. The van der Waals surface area contributed by atoms with Crippen LogP contribution in [0.1, 0.15) is 13.3 Å². The van der Waals surface area contributed by atoms with E-state index in [2.05, 4.69) is 11.3 Å². The summed E-state index contributed by atoms with van der Waals surface area (Å²) in [4.78, 5) is 11.3. The van der Waals surface area contributed by atoms with Crippen molar-refractivity contribution in [3.63, 3.8) is 0 Å². The highest BCUT2D eigenvalue weighted by Crippen LogP contribution is 2.63. The maximum absolute atomic E-state index is 13.3. The Kier molecular flexibility index (Phi) is 6.75. The van der Waals surface area contributed by atoms with Crippen molar-refractivity contribution in [1.29, 1.82) is 0 Å². The zero-order valence-electron chi connectivity index (χ0n) is 12.6. The van der Waals surface area contributed by atoms with Gasteiger partial charge in [0.15, 0.2) is 0 Å². The Hall–Kier alpha value is -1.60. The summed E-state index contributed by atoms with van der Waals surface area (Å²) >= 11 is 0. The molecule has 0 fully saturated rings. The molecule has 0 spiro atoms. The van der Waals surface area contributed by atoms with Crippen LogP contribution in [-0.4, -0.2) is 48.2 Å². The van der Waals surface area contributed by atoms with Crippen LogP contribution in [0.15, 0.2) is 12.2 Å². The van der Waals surface area contributed by atoms with Gasteiger partial charge in [0.1, 0.15) is 6.61 Å². The van der Waals surface area contributed by atoms with Crippen LogP contribution in [0, 0.1) is 5.41 Å². The highest BCUT2D eigenvalue weighted by atomic mass is 19.4. The molecule has 0 aliphatic rings. The monoisotopic (exact) mass is 412 g/mol. The summed E-state index contributed by atoms with van der Waals surface area (Å²) in [6.07, 6.45) is -23.8. The summed E-state index contributed by atoms with van der Waals surface area (Å²) in [5.74, 6) is -9.48. The Labute approximate surface area is 138 Å². The summed E-state index contributed by atoms with van der Waals surface area (Å²) in [5.41, 5.74) is -7.68. The van der Waals surface area contributed by atoms with Crippen LogP contribution in [0.3, 0.4) is 0 Å². The molecule has 1 atom stereocenters. The lowest BCUT2D eigenvalue weighted by molar-refractivity contribution is -0.453. The summed E-state index contributed by atoms with van der Waals surface area (Å²) < 4.78 is 144. The van der Waals surface area contributed by atoms with Crippen LogP contribution in [0.2, 0.25) is 0 Å². The number of hydrogen-bond donors (Lipinski definition) is 1. The lowest BCUT2D eigenvalue weighted by Gasteiger charge is -2.42. The van der Waals surface area contributed by atoms with E-state index in [1.807, 2.05) is 0 Å². The minimum absolute atomic E-state index is 0.737. The van der Waals surface area contributed by atoms with E-state index in [0.29, 0.717) is 0 Å². The topological polar surface area (TPSA) is 46.5 Å². The first-order valence-corrected chi connectivity index (χ1v) is 6.33. The van der Waals surface area contributed by atoms with Crippen molar-refractivity contribution < 1.29 is 62.9 Å². The van der Waals surface area contributed by atoms with E-state index in [4.69, 9.17) is 5.11 Å². The number of alkyl halides is 11. The van der Waals surface area contributed by atoms with Gasteiger partial charge in [-0.05, 0) is 6.92 Å². The molecule has 1 N–H and O–H groups in total. The van der Waals surface area contributed by atoms with E-state index in [1.165, 1.54) is 0 Å². The van der Waals surface area contributed by atoms with Crippen molar-refractivity contribution in [3.05, 3.63) is 12.2 Å². The van der Waals surface area contributed by atoms with Gasteiger partial charge in [0.25, 0.3) is 5.41 Å². The van der Waals surface area contributed by atoms with Gasteiger partial charge in [-0.1, -0.05) is 6.58 Å². The first-order chi connectivity index (χ1) is 11.2. The van der Waals surface area contributed by atoms with Crippen LogP contribution in [0.4, 0.5) is 48.3 Å². The maximum atomic E-state index is 13.3. The second kappa shape index (κ2) is 7.19. The Morgan fingerprint density at radius 3 is 1.58 bits per heavy atom. The van der Waals surface area contributed by atoms with Crippen molar-refractivity contribution in [1.82, 2.24) is 0 Å². The van der Waals surface area contributed by atoms with Crippen LogP contribution in [0.25, 0.3) is 0 Å². The van der Waals surface area contributed by atoms with Gasteiger partial charge in [-0.25, -0.2) is 4.79 Å². The smallest absolute Gasteiger partial charge is 0.454 e. The van der Waals surface area contributed by atoms with Crippen LogP contribution < -0.4 is 0 Å². The zero-order valence-corrected chi connectivity index (χ0v) is 12.6. The van der Waals surface area contributed by atoms with Crippen molar-refractivity contribution in [2.75, 3.05) is 6.61 Å². The molecule has 0 aliphatic carbocycles. The summed E-state index contributed by atoms with van der Waals surface area (Å²) in [5, 5.41) is 8.90. The standard InChI is InChI=1S/C12H11F11O3/c1-5(3-6(2)24)7(25)26-4-8(10(15,16)17,11(18,19)20)9(13,14)12(21,22)23/h6,24H,1,3-4H2,2H3. The SMILES string of the molecule is C=C(CC(C)O)C(=O)OCC(C(F)(F)F)(C(F)(F)F)C(F)(F)C(F)(F)F. The summed E-state index contributed by atoms with van der Waals surface area (Å²) in [7, 11) is 0. The molecule has 26 heavy (non-hydrogen) atoms. The molecular weight excluding hydrogens is 401 g/mol. The fourth-order valence-electron chi connectivity index (χ4n) is 1.73. The number of carbonyl (C=O) groups excluding carboxylic acids is 1. The maximum Gasteiger partial charge on any atom is 0.454 e. The molecule has 0 aromatic rings. The van der Waals surface area contributed by atoms with Gasteiger partial charge in [-0.15, -0.1) is 0 Å². The largest absolute Gasteiger partial charge is 0.461 e. The fraction of sp³-hybridized carbons (Fsp3) is 0.750. The van der Waals surface area contributed by atoms with Gasteiger partial charge in [-0.3, -0.25) is 0 Å². The fourth-order valence-corrected chi connectivity index (χ4v) is 1.73. The second-order valence-corrected chi connectivity index (χ2v) is 5.21. The minimum Gasteiger partial charge on any atom is -0.461 e. The van der Waals surface area contributed by atoms with Gasteiger partial charge >= 0.3 is 30.4 Å². The second-order valence-electron chi connectivity index (χ2n) is 5.21. The number of esters is 1. The Morgan fingerprint density at radius 2 is 1.31 bits per heavy atom. The first-order valence-electron chi connectivity index (χ1n) is 6.33. The van der Waals surface area contributed by atoms with E-state index >= 15 is 0 Å².